The second-order valence-electron chi connectivity index (χ2n) is 4.18. The van der Waals surface area contributed by atoms with E-state index in [1.807, 2.05) is 25.8 Å². The summed E-state index contributed by atoms with van der Waals surface area (Å²) < 4.78 is 13.3. The molecule has 0 atom stereocenters. The number of carbonyl (C=O) groups is 1. The molecule has 0 unspecified atom stereocenters. The van der Waals surface area contributed by atoms with Gasteiger partial charge in [-0.3, -0.25) is 4.79 Å². The lowest BCUT2D eigenvalue weighted by Gasteiger charge is -2.21. The Balaban J connectivity index is 0.000000771. The molecule has 1 aromatic carbocycles. The van der Waals surface area contributed by atoms with Gasteiger partial charge < -0.3 is 4.90 Å². The van der Waals surface area contributed by atoms with E-state index >= 15 is 0 Å². The van der Waals surface area contributed by atoms with Crippen LogP contribution < -0.4 is 4.90 Å². The van der Waals surface area contributed by atoms with Crippen LogP contribution in [0.3, 0.4) is 0 Å². The van der Waals surface area contributed by atoms with Crippen molar-refractivity contribution in [2.75, 3.05) is 11.9 Å². The second-order valence-corrected chi connectivity index (χ2v) is 4.59. The highest BCUT2D eigenvalue weighted by molar-refractivity contribution is 6.31. The lowest BCUT2D eigenvalue weighted by atomic mass is 10.1. The van der Waals surface area contributed by atoms with Crippen LogP contribution in [0.4, 0.5) is 10.1 Å². The number of benzene rings is 1. The van der Waals surface area contributed by atoms with E-state index in [-0.39, 0.29) is 10.8 Å². The molecule has 0 bridgehead atoms. The molecule has 0 radical (unpaired) electrons. The van der Waals surface area contributed by atoms with Crippen molar-refractivity contribution in [2.24, 2.45) is 0 Å². The van der Waals surface area contributed by atoms with Crippen LogP contribution in [0.1, 0.15) is 44.0 Å². The van der Waals surface area contributed by atoms with Crippen molar-refractivity contribution in [2.45, 2.75) is 39.7 Å². The number of anilines is 1. The molecule has 1 fully saturated rings. The van der Waals surface area contributed by atoms with Crippen LogP contribution in [0.15, 0.2) is 12.1 Å². The van der Waals surface area contributed by atoms with Gasteiger partial charge in [0, 0.05) is 24.3 Å². The molecule has 0 spiro atoms. The Bertz CT molecular complexity index is 444. The predicted molar refractivity (Wildman–Crippen MR) is 74.2 cm³/mol. The molecule has 18 heavy (non-hydrogen) atoms. The van der Waals surface area contributed by atoms with Gasteiger partial charge in [0.15, 0.2) is 5.78 Å². The molecule has 0 N–H and O–H groups in total. The molecule has 100 valence electrons. The zero-order chi connectivity index (χ0) is 13.9. The van der Waals surface area contributed by atoms with Crippen molar-refractivity contribution < 1.29 is 9.18 Å². The van der Waals surface area contributed by atoms with Crippen molar-refractivity contribution in [3.05, 3.63) is 28.5 Å². The van der Waals surface area contributed by atoms with E-state index in [1.54, 1.807) is 0 Å². The van der Waals surface area contributed by atoms with Gasteiger partial charge in [0.2, 0.25) is 0 Å². The Labute approximate surface area is 113 Å². The zero-order valence-corrected chi connectivity index (χ0v) is 12.0. The van der Waals surface area contributed by atoms with Gasteiger partial charge in [-0.15, -0.1) is 0 Å². The first kappa shape index (κ1) is 15.0. The normalized spacial score (nSPS) is 13.7. The molecule has 0 aromatic heterocycles. The number of rotatable bonds is 3. The van der Waals surface area contributed by atoms with Crippen LogP contribution in [0.5, 0.6) is 0 Å². The summed E-state index contributed by atoms with van der Waals surface area (Å²) >= 11 is 5.75. The smallest absolute Gasteiger partial charge is 0.161 e. The van der Waals surface area contributed by atoms with Crippen molar-refractivity contribution >= 4 is 23.1 Å². The number of Topliss-reactive ketones (excluding diaryl/α,β-unsaturated/α-hetero) is 1. The molecule has 0 aliphatic heterocycles. The monoisotopic (exact) mass is 271 g/mol. The summed E-state index contributed by atoms with van der Waals surface area (Å²) in [7, 11) is 1.91. The van der Waals surface area contributed by atoms with E-state index in [0.29, 0.717) is 11.6 Å². The standard InChI is InChI=1S/C12H13ClFNO.C2H6/c1-7(16)9-5-11(14)10(13)6-12(9)15(2)8-3-4-8;1-2/h5-6,8H,3-4H2,1-2H3;1-2H3. The summed E-state index contributed by atoms with van der Waals surface area (Å²) in [6, 6.07) is 3.21. The highest BCUT2D eigenvalue weighted by atomic mass is 35.5. The molecular weight excluding hydrogens is 253 g/mol. The maximum absolute atomic E-state index is 13.3. The van der Waals surface area contributed by atoms with E-state index in [0.717, 1.165) is 18.5 Å². The van der Waals surface area contributed by atoms with E-state index < -0.39 is 5.82 Å². The largest absolute Gasteiger partial charge is 0.371 e. The summed E-state index contributed by atoms with van der Waals surface area (Å²) in [5, 5.41) is 0.0625. The number of hydrogen-bond acceptors (Lipinski definition) is 2. The molecule has 0 amide bonds. The molecule has 0 saturated heterocycles. The molecule has 1 aromatic rings. The van der Waals surface area contributed by atoms with E-state index in [9.17, 15) is 9.18 Å². The van der Waals surface area contributed by atoms with Crippen LogP contribution >= 0.6 is 11.6 Å². The highest BCUT2D eigenvalue weighted by Crippen LogP contribution is 2.34. The SMILES string of the molecule is CC.CC(=O)c1cc(F)c(Cl)cc1N(C)C1CC1. The van der Waals surface area contributed by atoms with E-state index in [1.165, 1.54) is 19.1 Å². The van der Waals surface area contributed by atoms with Crippen LogP contribution in [0, 0.1) is 5.82 Å². The number of ketones is 1. The molecule has 1 aliphatic carbocycles. The van der Waals surface area contributed by atoms with Crippen LogP contribution in [0.2, 0.25) is 5.02 Å². The Hall–Kier alpha value is -1.09. The lowest BCUT2D eigenvalue weighted by Crippen LogP contribution is -2.22. The fraction of sp³-hybridized carbons (Fsp3) is 0.500. The second kappa shape index (κ2) is 6.19. The van der Waals surface area contributed by atoms with Gasteiger partial charge in [-0.05, 0) is 31.9 Å². The minimum absolute atomic E-state index is 0.0625. The average Bonchev–Trinajstić information content (AvgIpc) is 3.17. The summed E-state index contributed by atoms with van der Waals surface area (Å²) in [5.41, 5.74) is 1.12. The number of nitrogens with zero attached hydrogens (tertiary/aromatic N) is 1. The van der Waals surface area contributed by atoms with Gasteiger partial charge in [-0.1, -0.05) is 25.4 Å². The van der Waals surface area contributed by atoms with Crippen LogP contribution in [-0.4, -0.2) is 18.9 Å². The van der Waals surface area contributed by atoms with Crippen LogP contribution in [0.25, 0.3) is 0 Å². The van der Waals surface area contributed by atoms with E-state index in [2.05, 4.69) is 0 Å². The highest BCUT2D eigenvalue weighted by Gasteiger charge is 2.28. The number of halogens is 2. The summed E-state index contributed by atoms with van der Waals surface area (Å²) in [4.78, 5) is 13.4. The van der Waals surface area contributed by atoms with Gasteiger partial charge in [0.1, 0.15) is 5.82 Å². The van der Waals surface area contributed by atoms with Gasteiger partial charge in [0.25, 0.3) is 0 Å². The summed E-state index contributed by atoms with van der Waals surface area (Å²) in [6.45, 7) is 5.44. The van der Waals surface area contributed by atoms with Crippen molar-refractivity contribution in [1.29, 1.82) is 0 Å². The van der Waals surface area contributed by atoms with Crippen molar-refractivity contribution in [3.8, 4) is 0 Å². The molecule has 0 heterocycles. The maximum atomic E-state index is 13.3. The molecular formula is C14H19ClFNO. The van der Waals surface area contributed by atoms with Gasteiger partial charge in [-0.2, -0.15) is 0 Å². The third-order valence-corrected chi connectivity index (χ3v) is 3.18. The Morgan fingerprint density at radius 1 is 1.39 bits per heavy atom. The van der Waals surface area contributed by atoms with Crippen LogP contribution in [-0.2, 0) is 0 Å². The fourth-order valence-electron chi connectivity index (χ4n) is 1.77. The maximum Gasteiger partial charge on any atom is 0.161 e. The van der Waals surface area contributed by atoms with Gasteiger partial charge >= 0.3 is 0 Å². The Morgan fingerprint density at radius 3 is 2.39 bits per heavy atom. The molecule has 2 nitrogen and oxygen atoms in total. The minimum atomic E-state index is -0.542. The number of carbonyl (C=O) groups excluding carboxylic acids is 1. The van der Waals surface area contributed by atoms with Crippen molar-refractivity contribution in [1.82, 2.24) is 0 Å². The molecule has 2 rings (SSSR count). The first-order chi connectivity index (χ1) is 8.50. The lowest BCUT2D eigenvalue weighted by molar-refractivity contribution is 0.101. The first-order valence-electron chi connectivity index (χ1n) is 6.23. The predicted octanol–water partition coefficient (Wildman–Crippen LogP) is 4.31. The summed E-state index contributed by atoms with van der Waals surface area (Å²) in [5.74, 6) is -0.683. The third kappa shape index (κ3) is 3.22. The average molecular weight is 272 g/mol. The van der Waals surface area contributed by atoms with E-state index in [4.69, 9.17) is 11.6 Å². The first-order valence-corrected chi connectivity index (χ1v) is 6.61. The quantitative estimate of drug-likeness (QED) is 0.764. The van der Waals surface area contributed by atoms with Crippen molar-refractivity contribution in [3.63, 3.8) is 0 Å². The molecule has 1 aliphatic rings. The molecule has 1 saturated carbocycles. The Kier molecular flexibility index (Phi) is 5.15. The van der Waals surface area contributed by atoms with Gasteiger partial charge in [0.05, 0.1) is 5.02 Å². The topological polar surface area (TPSA) is 20.3 Å². The third-order valence-electron chi connectivity index (χ3n) is 2.89. The fourth-order valence-corrected chi connectivity index (χ4v) is 1.93. The molecule has 4 heteroatoms. The van der Waals surface area contributed by atoms with Gasteiger partial charge in [-0.25, -0.2) is 4.39 Å². The zero-order valence-electron chi connectivity index (χ0n) is 11.3. The number of hydrogen-bond donors (Lipinski definition) is 0. The Morgan fingerprint density at radius 2 is 1.94 bits per heavy atom. The minimum Gasteiger partial charge on any atom is -0.371 e. The summed E-state index contributed by atoms with van der Waals surface area (Å²) in [6.07, 6.45) is 2.23.